The van der Waals surface area contributed by atoms with E-state index in [1.807, 2.05) is 25.4 Å². The summed E-state index contributed by atoms with van der Waals surface area (Å²) in [4.78, 5) is 47.5. The van der Waals surface area contributed by atoms with Gasteiger partial charge in [-0.2, -0.15) is 39.5 Å². The maximum absolute atomic E-state index is 12.4. The molecule has 2 aliphatic rings. The number of rotatable bonds is 6. The molecule has 2 saturated heterocycles. The predicted octanol–water partition coefficient (Wildman–Crippen LogP) is 2.83. The number of alkyl halides is 9. The molecule has 0 aromatic carbocycles. The topological polar surface area (TPSA) is 151 Å². The van der Waals surface area contributed by atoms with Crippen LogP contribution in [0.15, 0.2) is 17.5 Å². The van der Waals surface area contributed by atoms with Gasteiger partial charge in [-0.15, -0.1) is 11.3 Å². The van der Waals surface area contributed by atoms with Gasteiger partial charge in [0.25, 0.3) is 0 Å². The average Bonchev–Trinajstić information content (AvgIpc) is 3.57. The summed E-state index contributed by atoms with van der Waals surface area (Å²) in [5, 5.41) is 26.6. The number of fused-ring (bicyclic) bond motifs is 1. The molecule has 0 aliphatic carbocycles. The summed E-state index contributed by atoms with van der Waals surface area (Å²) in [6.45, 7) is 4.88. The summed E-state index contributed by atoms with van der Waals surface area (Å²) < 4.78 is 95.2. The molecule has 254 valence electrons. The van der Waals surface area contributed by atoms with Gasteiger partial charge in [0, 0.05) is 43.6 Å². The quantitative estimate of drug-likeness (QED) is 0.331. The summed E-state index contributed by atoms with van der Waals surface area (Å²) >= 11 is 1.83. The molecule has 0 bridgehead atoms. The van der Waals surface area contributed by atoms with E-state index in [1.54, 1.807) is 0 Å². The molecule has 2 aliphatic heterocycles. The number of thiophene rings is 1. The smallest absolute Gasteiger partial charge is 0.475 e. The van der Waals surface area contributed by atoms with Crippen molar-refractivity contribution in [1.29, 1.82) is 0 Å². The number of nitrogens with zero attached hydrogens (tertiary/aromatic N) is 3. The summed E-state index contributed by atoms with van der Waals surface area (Å²) in [7, 11) is 6.18. The molecule has 1 aromatic rings. The highest BCUT2D eigenvalue weighted by Gasteiger charge is 2.47. The lowest BCUT2D eigenvalue weighted by Crippen LogP contribution is -2.46. The Morgan fingerprint density at radius 2 is 1.36 bits per heavy atom. The maximum Gasteiger partial charge on any atom is 0.490 e. The molecular formula is C23H31F9N4O7S. The maximum atomic E-state index is 12.4. The highest BCUT2D eigenvalue weighted by molar-refractivity contribution is 7.09. The number of likely N-dealkylation sites (tertiary alicyclic amines) is 2. The molecular weight excluding hydrogens is 647 g/mol. The van der Waals surface area contributed by atoms with Crippen LogP contribution in [-0.4, -0.2) is 132 Å². The van der Waals surface area contributed by atoms with Crippen molar-refractivity contribution in [3.63, 3.8) is 0 Å². The number of aliphatic carboxylic acids is 3. The Balaban J connectivity index is 0.000000721. The summed E-state index contributed by atoms with van der Waals surface area (Å²) in [5.74, 6) is -7.44. The van der Waals surface area contributed by atoms with Crippen LogP contribution in [-0.2, 0) is 25.7 Å². The number of likely N-dealkylation sites (N-methyl/N-ethyl adjacent to an activating group) is 2. The van der Waals surface area contributed by atoms with Gasteiger partial charge in [0.15, 0.2) is 0 Å². The van der Waals surface area contributed by atoms with E-state index in [4.69, 9.17) is 29.7 Å². The molecule has 0 radical (unpaired) electrons. The lowest BCUT2D eigenvalue weighted by atomic mass is 10.0. The number of hydrogen-bond acceptors (Lipinski definition) is 8. The highest BCUT2D eigenvalue weighted by atomic mass is 32.1. The zero-order valence-corrected chi connectivity index (χ0v) is 24.1. The van der Waals surface area contributed by atoms with E-state index in [9.17, 15) is 44.3 Å². The molecule has 11 nitrogen and oxygen atoms in total. The molecule has 3 atom stereocenters. The number of nitrogens with one attached hydrogen (secondary N) is 1. The third-order valence-electron chi connectivity index (χ3n) is 5.87. The summed E-state index contributed by atoms with van der Waals surface area (Å²) in [6, 6.07) is 4.91. The second-order valence-electron chi connectivity index (χ2n) is 9.52. The molecule has 44 heavy (non-hydrogen) atoms. The molecule has 21 heteroatoms. The summed E-state index contributed by atoms with van der Waals surface area (Å²) in [5.41, 5.74) is 0. The number of carbonyl (C=O) groups excluding carboxylic acids is 1. The molecule has 0 saturated carbocycles. The van der Waals surface area contributed by atoms with E-state index in [0.717, 1.165) is 39.1 Å². The molecule has 0 spiro atoms. The van der Waals surface area contributed by atoms with Crippen LogP contribution in [0.3, 0.4) is 0 Å². The van der Waals surface area contributed by atoms with Crippen molar-refractivity contribution in [3.8, 4) is 0 Å². The molecule has 2 fully saturated rings. The second-order valence-corrected chi connectivity index (χ2v) is 10.6. The minimum absolute atomic E-state index is 0.0519. The standard InChI is InChI=1S/C17H28N4OS.3C2HF3O2/c1-19(2)7-6-18-17(22)15-9-13-10-21(12-16(13)20(15)3)11-14-5-4-8-23-14;3*3-2(4,5)1(6)7/h4-5,8,13,15-16H,6-7,9-12H2,1-3H3,(H,18,22);3*(H,6,7)/t13-,15-,16+;;;/m1.../s1. The van der Waals surface area contributed by atoms with E-state index in [2.05, 4.69) is 44.6 Å². The number of hydrogen-bond donors (Lipinski definition) is 4. The molecule has 0 unspecified atom stereocenters. The Morgan fingerprint density at radius 1 is 0.909 bits per heavy atom. The zero-order chi connectivity index (χ0) is 34.6. The first-order chi connectivity index (χ1) is 19.9. The normalized spacial score (nSPS) is 20.2. The fourth-order valence-corrected chi connectivity index (χ4v) is 4.63. The first-order valence-electron chi connectivity index (χ1n) is 12.2. The minimum atomic E-state index is -5.08. The van der Waals surface area contributed by atoms with Gasteiger partial charge in [-0.05, 0) is 44.9 Å². The van der Waals surface area contributed by atoms with Crippen molar-refractivity contribution < 1.29 is 74.0 Å². The van der Waals surface area contributed by atoms with Crippen molar-refractivity contribution in [2.24, 2.45) is 5.92 Å². The Labute approximate surface area is 248 Å². The average molecular weight is 679 g/mol. The van der Waals surface area contributed by atoms with E-state index < -0.39 is 36.4 Å². The number of carboxylic acids is 3. The summed E-state index contributed by atoms with van der Waals surface area (Å²) in [6.07, 6.45) is -14.3. The number of halogens is 9. The lowest BCUT2D eigenvalue weighted by molar-refractivity contribution is -0.193. The molecule has 3 rings (SSSR count). The third-order valence-corrected chi connectivity index (χ3v) is 6.73. The minimum Gasteiger partial charge on any atom is -0.475 e. The predicted molar refractivity (Wildman–Crippen MR) is 136 cm³/mol. The van der Waals surface area contributed by atoms with Gasteiger partial charge in [0.05, 0.1) is 6.04 Å². The van der Waals surface area contributed by atoms with Crippen molar-refractivity contribution in [2.75, 3.05) is 47.3 Å². The fourth-order valence-electron chi connectivity index (χ4n) is 3.88. The number of amides is 1. The van der Waals surface area contributed by atoms with Gasteiger partial charge in [-0.1, -0.05) is 6.07 Å². The Kier molecular flexibility index (Phi) is 16.1. The fraction of sp³-hybridized carbons (Fsp3) is 0.652. The lowest BCUT2D eigenvalue weighted by Gasteiger charge is -2.26. The molecule has 3 heterocycles. The SMILES string of the molecule is CN(C)CCNC(=O)[C@H]1C[C@@H]2CN(Cc3cccs3)C[C@@H]2N1C.O=C(O)C(F)(F)F.O=C(O)C(F)(F)F.O=C(O)C(F)(F)F. The first kappa shape index (κ1) is 40.8. The molecule has 1 amide bonds. The van der Waals surface area contributed by atoms with Crippen LogP contribution < -0.4 is 5.32 Å². The van der Waals surface area contributed by atoms with E-state index in [-0.39, 0.29) is 11.9 Å². The van der Waals surface area contributed by atoms with Gasteiger partial charge in [0.1, 0.15) is 0 Å². The monoisotopic (exact) mass is 678 g/mol. The van der Waals surface area contributed by atoms with Crippen molar-refractivity contribution >= 4 is 35.2 Å². The van der Waals surface area contributed by atoms with Crippen LogP contribution in [0.5, 0.6) is 0 Å². The Morgan fingerprint density at radius 3 is 1.70 bits per heavy atom. The number of carboxylic acid groups (broad SMARTS) is 3. The van der Waals surface area contributed by atoms with E-state index in [1.165, 1.54) is 4.88 Å². The van der Waals surface area contributed by atoms with Crippen molar-refractivity contribution in [3.05, 3.63) is 22.4 Å². The van der Waals surface area contributed by atoms with Gasteiger partial charge in [-0.3, -0.25) is 14.6 Å². The Hall–Kier alpha value is -3.17. The zero-order valence-electron chi connectivity index (χ0n) is 23.3. The molecule has 4 N–H and O–H groups in total. The van der Waals surface area contributed by atoms with E-state index in [0.29, 0.717) is 12.0 Å². The van der Waals surface area contributed by atoms with Gasteiger partial charge >= 0.3 is 36.4 Å². The largest absolute Gasteiger partial charge is 0.490 e. The first-order valence-corrected chi connectivity index (χ1v) is 13.0. The van der Waals surface area contributed by atoms with Crippen LogP contribution in [0.2, 0.25) is 0 Å². The second kappa shape index (κ2) is 17.4. The molecule has 1 aromatic heterocycles. The van der Waals surface area contributed by atoms with Crippen LogP contribution in [0, 0.1) is 5.92 Å². The number of carbonyl (C=O) groups is 4. The van der Waals surface area contributed by atoms with Crippen LogP contribution in [0.1, 0.15) is 11.3 Å². The highest BCUT2D eigenvalue weighted by Crippen LogP contribution is 2.35. The van der Waals surface area contributed by atoms with Crippen LogP contribution in [0.4, 0.5) is 39.5 Å². The third kappa shape index (κ3) is 15.5. The van der Waals surface area contributed by atoms with Gasteiger partial charge in [0.2, 0.25) is 5.91 Å². The van der Waals surface area contributed by atoms with Gasteiger partial charge < -0.3 is 25.5 Å². The van der Waals surface area contributed by atoms with Crippen LogP contribution >= 0.6 is 11.3 Å². The van der Waals surface area contributed by atoms with Gasteiger partial charge in [-0.25, -0.2) is 14.4 Å². The van der Waals surface area contributed by atoms with Crippen molar-refractivity contribution in [1.82, 2.24) is 20.0 Å². The van der Waals surface area contributed by atoms with Crippen molar-refractivity contribution in [2.45, 2.75) is 43.6 Å². The van der Waals surface area contributed by atoms with E-state index >= 15 is 0 Å². The van der Waals surface area contributed by atoms with Crippen LogP contribution in [0.25, 0.3) is 0 Å². The Bertz CT molecular complexity index is 1010.